The summed E-state index contributed by atoms with van der Waals surface area (Å²) >= 11 is -1.05. The van der Waals surface area contributed by atoms with Crippen molar-refractivity contribution in [3.63, 3.8) is 0 Å². The van der Waals surface area contributed by atoms with Gasteiger partial charge in [0.1, 0.15) is 0 Å². The van der Waals surface area contributed by atoms with Gasteiger partial charge in [0.05, 0.1) is 0 Å². The average Bonchev–Trinajstić information content (AvgIpc) is 2.44. The van der Waals surface area contributed by atoms with E-state index in [9.17, 15) is 13.5 Å². The molecular weight excluding hydrogens is 403 g/mol. The first-order valence-electron chi connectivity index (χ1n) is 6.29. The Morgan fingerprint density at radius 3 is 2.67 bits per heavy atom. The average molecular weight is 419 g/mol. The van der Waals surface area contributed by atoms with Crippen molar-refractivity contribution in [2.75, 3.05) is 0 Å². The second kappa shape index (κ2) is 6.87. The molecule has 0 spiro atoms. The molecule has 0 saturated carbocycles. The summed E-state index contributed by atoms with van der Waals surface area (Å²) in [5.74, 6) is 0. The van der Waals surface area contributed by atoms with Gasteiger partial charge in [-0.2, -0.15) is 0 Å². The summed E-state index contributed by atoms with van der Waals surface area (Å²) in [6.07, 6.45) is 6.46. The fourth-order valence-electron chi connectivity index (χ4n) is 1.66. The van der Waals surface area contributed by atoms with Gasteiger partial charge in [-0.15, -0.1) is 0 Å². The van der Waals surface area contributed by atoms with Crippen LogP contribution in [0.2, 0.25) is 0 Å². The van der Waals surface area contributed by atoms with Crippen LogP contribution in [0.25, 0.3) is 6.08 Å². The minimum atomic E-state index is -3.73. The summed E-state index contributed by atoms with van der Waals surface area (Å²) in [5.41, 5.74) is 0.0207. The molecule has 0 fully saturated rings. The Balaban J connectivity index is 1.92. The molecule has 0 bridgehead atoms. The van der Waals surface area contributed by atoms with Crippen LogP contribution >= 0.6 is 0 Å². The summed E-state index contributed by atoms with van der Waals surface area (Å²) < 4.78 is 30.8. The topological polar surface area (TPSA) is 63.6 Å². The third-order valence-corrected chi connectivity index (χ3v) is 6.65. The van der Waals surface area contributed by atoms with E-state index in [1.54, 1.807) is 11.0 Å². The molecule has 0 aromatic heterocycles. The first-order valence-corrected chi connectivity index (χ1v) is 9.83. The van der Waals surface area contributed by atoms with Crippen molar-refractivity contribution in [1.29, 1.82) is 0 Å². The molecule has 0 saturated heterocycles. The van der Waals surface area contributed by atoms with Crippen molar-refractivity contribution in [3.8, 4) is 0 Å². The maximum absolute atomic E-state index is 12.0. The molecule has 1 aliphatic rings. The van der Waals surface area contributed by atoms with Crippen LogP contribution in [-0.4, -0.2) is 19.1 Å². The van der Waals surface area contributed by atoms with Crippen LogP contribution in [0.15, 0.2) is 57.5 Å². The normalized spacial score (nSPS) is 22.7. The minimum absolute atomic E-state index is 0.113. The van der Waals surface area contributed by atoms with Crippen LogP contribution in [0.1, 0.15) is 18.9 Å². The van der Waals surface area contributed by atoms with Crippen molar-refractivity contribution in [2.45, 2.75) is 18.9 Å². The Kier molecular flexibility index (Phi) is 5.37. The second-order valence-corrected chi connectivity index (χ2v) is 8.62. The summed E-state index contributed by atoms with van der Waals surface area (Å²) in [4.78, 5) is 0.113. The van der Waals surface area contributed by atoms with Crippen LogP contribution in [0.5, 0.6) is 0 Å². The van der Waals surface area contributed by atoms with Gasteiger partial charge in [-0.1, -0.05) is 0 Å². The van der Waals surface area contributed by atoms with Crippen molar-refractivity contribution in [2.24, 2.45) is 0 Å². The third kappa shape index (κ3) is 5.06. The van der Waals surface area contributed by atoms with E-state index >= 15 is 0 Å². The number of aliphatic hydroxyl groups is 1. The maximum atomic E-state index is 12.0. The Bertz CT molecular complexity index is 673. The van der Waals surface area contributed by atoms with Gasteiger partial charge in [0.25, 0.3) is 0 Å². The van der Waals surface area contributed by atoms with Crippen LogP contribution in [0.4, 0.5) is 0 Å². The summed E-state index contributed by atoms with van der Waals surface area (Å²) in [5, 5.41) is 9.73. The number of hydrogen-bond acceptors (Lipinski definition) is 4. The van der Waals surface area contributed by atoms with Crippen molar-refractivity contribution >= 4 is 16.2 Å². The van der Waals surface area contributed by atoms with Gasteiger partial charge in [-0.05, 0) is 0 Å². The van der Waals surface area contributed by atoms with E-state index in [-0.39, 0.29) is 11.3 Å². The monoisotopic (exact) mass is 419 g/mol. The fourth-order valence-corrected chi connectivity index (χ4v) is 4.76. The van der Waals surface area contributed by atoms with Crippen molar-refractivity contribution in [3.05, 3.63) is 63.1 Å². The van der Waals surface area contributed by atoms with Gasteiger partial charge in [0, 0.05) is 0 Å². The standard InChI is InChI=1S/C15H16IO4S/c1-15(17)10-7-14(8-11-15)21(18,19)20-16-12-9-13-5-3-2-4-6-13/h2-10,12,17H,11H2,1H3/q-1. The van der Waals surface area contributed by atoms with Crippen molar-refractivity contribution < 1.29 is 37.7 Å². The van der Waals surface area contributed by atoms with Crippen LogP contribution < -0.4 is 21.6 Å². The Labute approximate surface area is 135 Å². The van der Waals surface area contributed by atoms with E-state index in [0.29, 0.717) is 0 Å². The predicted molar refractivity (Wildman–Crippen MR) is 77.9 cm³/mol. The fraction of sp³-hybridized carbons (Fsp3) is 0.200. The number of benzene rings is 1. The van der Waals surface area contributed by atoms with Gasteiger partial charge < -0.3 is 0 Å². The number of rotatable bonds is 5. The first kappa shape index (κ1) is 16.4. The number of hydrogen-bond donors (Lipinski definition) is 1. The van der Waals surface area contributed by atoms with E-state index in [1.807, 2.05) is 36.4 Å². The summed E-state index contributed by atoms with van der Waals surface area (Å²) in [6, 6.07) is 9.62. The molecule has 114 valence electrons. The molecule has 1 aliphatic carbocycles. The third-order valence-electron chi connectivity index (χ3n) is 2.84. The van der Waals surface area contributed by atoms with Crippen LogP contribution in [-0.2, 0) is 12.6 Å². The van der Waals surface area contributed by atoms with Gasteiger partial charge in [-0.25, -0.2) is 0 Å². The molecule has 1 aromatic carbocycles. The predicted octanol–water partition coefficient (Wildman–Crippen LogP) is -0.397. The summed E-state index contributed by atoms with van der Waals surface area (Å²) in [7, 11) is -3.73. The van der Waals surface area contributed by atoms with Gasteiger partial charge >= 0.3 is 136 Å². The molecule has 4 nitrogen and oxygen atoms in total. The SMILES string of the molecule is CC1(O)C=CC(S(=O)(=O)O[I-]C=Cc2ccccc2)=CC1. The van der Waals surface area contributed by atoms with Gasteiger partial charge in [0.15, 0.2) is 0 Å². The molecule has 2 rings (SSSR count). The Hall–Kier alpha value is -0.960. The molecule has 0 amide bonds. The summed E-state index contributed by atoms with van der Waals surface area (Å²) in [6.45, 7) is 1.62. The molecule has 1 unspecified atom stereocenters. The van der Waals surface area contributed by atoms with Gasteiger partial charge in [-0.3, -0.25) is 0 Å². The van der Waals surface area contributed by atoms with E-state index in [2.05, 4.69) is 0 Å². The molecule has 21 heavy (non-hydrogen) atoms. The number of halogens is 1. The molecule has 0 heterocycles. The molecule has 6 heteroatoms. The quantitative estimate of drug-likeness (QED) is 0.661. The van der Waals surface area contributed by atoms with Gasteiger partial charge in [0.2, 0.25) is 0 Å². The van der Waals surface area contributed by atoms with Crippen LogP contribution in [0.3, 0.4) is 0 Å². The Morgan fingerprint density at radius 1 is 1.33 bits per heavy atom. The molecule has 0 radical (unpaired) electrons. The van der Waals surface area contributed by atoms with Crippen LogP contribution in [0, 0.1) is 0 Å². The van der Waals surface area contributed by atoms with E-state index in [1.165, 1.54) is 18.2 Å². The zero-order valence-corrected chi connectivity index (χ0v) is 14.4. The zero-order chi connectivity index (χ0) is 15.3. The van der Waals surface area contributed by atoms with E-state index < -0.39 is 37.3 Å². The second-order valence-electron chi connectivity index (χ2n) is 4.81. The Morgan fingerprint density at radius 2 is 2.05 bits per heavy atom. The molecule has 1 N–H and O–H groups in total. The zero-order valence-electron chi connectivity index (χ0n) is 11.4. The first-order chi connectivity index (χ1) is 9.89. The molecular formula is C15H16IO4S-. The molecule has 1 atom stereocenters. The van der Waals surface area contributed by atoms with E-state index in [0.717, 1.165) is 5.56 Å². The molecule has 0 aliphatic heterocycles. The van der Waals surface area contributed by atoms with Crippen molar-refractivity contribution in [1.82, 2.24) is 0 Å². The van der Waals surface area contributed by atoms with E-state index in [4.69, 9.17) is 2.51 Å². The number of allylic oxidation sites excluding steroid dienone is 1. The molecule has 1 aromatic rings.